The normalized spacial score (nSPS) is 14.0. The van der Waals surface area contributed by atoms with E-state index in [2.05, 4.69) is 25.7 Å². The molecule has 0 bridgehead atoms. The van der Waals surface area contributed by atoms with Gasteiger partial charge in [-0.25, -0.2) is 0 Å². The quantitative estimate of drug-likeness (QED) is 0.691. The van der Waals surface area contributed by atoms with E-state index in [1.807, 2.05) is 42.5 Å². The van der Waals surface area contributed by atoms with Gasteiger partial charge in [0.2, 0.25) is 0 Å². The van der Waals surface area contributed by atoms with E-state index in [-0.39, 0.29) is 5.91 Å². The number of nitrogens with zero attached hydrogens (tertiary/aromatic N) is 2. The molecule has 2 heterocycles. The van der Waals surface area contributed by atoms with Crippen LogP contribution in [0, 0.1) is 0 Å². The third-order valence-corrected chi connectivity index (χ3v) is 3.75. The molecule has 1 aliphatic carbocycles. The van der Waals surface area contributed by atoms with Gasteiger partial charge in [0, 0.05) is 17.7 Å². The van der Waals surface area contributed by atoms with Crippen LogP contribution >= 0.6 is 0 Å². The van der Waals surface area contributed by atoms with Crippen molar-refractivity contribution >= 4 is 11.7 Å². The molecule has 0 radical (unpaired) electrons. The Balaban J connectivity index is 1.48. The summed E-state index contributed by atoms with van der Waals surface area (Å²) in [5, 5.41) is 16.8. The van der Waals surface area contributed by atoms with E-state index in [9.17, 15) is 4.79 Å². The fraction of sp³-hybridized carbons (Fsp3) is 0.188. The van der Waals surface area contributed by atoms with Gasteiger partial charge in [0.1, 0.15) is 0 Å². The third kappa shape index (κ3) is 2.50. The van der Waals surface area contributed by atoms with Gasteiger partial charge in [-0.05, 0) is 24.5 Å². The average Bonchev–Trinajstić information content (AvgIpc) is 3.10. The standard InChI is InChI=1S/C16H15N5O/c22-16(14-8-12(18-20-14)11-6-7-11)17-15-9-13(19-21-15)10-4-2-1-3-5-10/h1-5,8-9,11H,6-7H2,(H,18,20)(H2,17,19,21,22). The molecule has 0 saturated heterocycles. The van der Waals surface area contributed by atoms with E-state index in [0.29, 0.717) is 17.4 Å². The van der Waals surface area contributed by atoms with Crippen molar-refractivity contribution in [2.24, 2.45) is 0 Å². The number of H-pyrrole nitrogens is 2. The Morgan fingerprint density at radius 3 is 2.68 bits per heavy atom. The molecule has 3 aromatic rings. The Morgan fingerprint density at radius 1 is 1.09 bits per heavy atom. The smallest absolute Gasteiger partial charge is 0.277 e. The number of aromatic nitrogens is 4. The maximum atomic E-state index is 12.2. The molecule has 1 fully saturated rings. The van der Waals surface area contributed by atoms with Crippen molar-refractivity contribution in [1.29, 1.82) is 0 Å². The predicted octanol–water partition coefficient (Wildman–Crippen LogP) is 2.93. The number of amides is 1. The average molecular weight is 293 g/mol. The molecule has 0 aliphatic heterocycles. The number of rotatable bonds is 4. The van der Waals surface area contributed by atoms with Crippen LogP contribution in [0.1, 0.15) is 34.9 Å². The third-order valence-electron chi connectivity index (χ3n) is 3.75. The second-order valence-corrected chi connectivity index (χ2v) is 5.47. The van der Waals surface area contributed by atoms with Crippen molar-refractivity contribution in [3.63, 3.8) is 0 Å². The first-order chi connectivity index (χ1) is 10.8. The second kappa shape index (κ2) is 5.14. The molecular formula is C16H15N5O. The Labute approximate surface area is 127 Å². The fourth-order valence-electron chi connectivity index (χ4n) is 2.39. The van der Waals surface area contributed by atoms with Crippen LogP contribution in [0.15, 0.2) is 42.5 Å². The van der Waals surface area contributed by atoms with Crippen molar-refractivity contribution in [1.82, 2.24) is 20.4 Å². The number of carbonyl (C=O) groups excluding carboxylic acids is 1. The summed E-state index contributed by atoms with van der Waals surface area (Å²) in [6, 6.07) is 13.5. The van der Waals surface area contributed by atoms with Gasteiger partial charge >= 0.3 is 0 Å². The summed E-state index contributed by atoms with van der Waals surface area (Å²) < 4.78 is 0. The highest BCUT2D eigenvalue weighted by molar-refractivity contribution is 6.02. The zero-order chi connectivity index (χ0) is 14.9. The fourth-order valence-corrected chi connectivity index (χ4v) is 2.39. The van der Waals surface area contributed by atoms with E-state index in [4.69, 9.17) is 0 Å². The maximum absolute atomic E-state index is 12.2. The number of carbonyl (C=O) groups is 1. The number of nitrogens with one attached hydrogen (secondary N) is 3. The van der Waals surface area contributed by atoms with E-state index < -0.39 is 0 Å². The molecule has 0 atom stereocenters. The van der Waals surface area contributed by atoms with Crippen LogP contribution in [-0.4, -0.2) is 26.3 Å². The lowest BCUT2D eigenvalue weighted by Gasteiger charge is -1.97. The highest BCUT2D eigenvalue weighted by Gasteiger charge is 2.26. The van der Waals surface area contributed by atoms with Crippen LogP contribution in [0.5, 0.6) is 0 Å². The van der Waals surface area contributed by atoms with Crippen molar-refractivity contribution in [3.05, 3.63) is 53.9 Å². The summed E-state index contributed by atoms with van der Waals surface area (Å²) in [5.41, 5.74) is 3.31. The monoisotopic (exact) mass is 293 g/mol. The highest BCUT2D eigenvalue weighted by atomic mass is 16.2. The molecule has 1 aliphatic rings. The van der Waals surface area contributed by atoms with Crippen LogP contribution in [-0.2, 0) is 0 Å². The minimum atomic E-state index is -0.255. The van der Waals surface area contributed by atoms with Crippen molar-refractivity contribution in [3.8, 4) is 11.3 Å². The van der Waals surface area contributed by atoms with Gasteiger partial charge in [0.15, 0.2) is 11.5 Å². The lowest BCUT2D eigenvalue weighted by atomic mass is 10.1. The number of aromatic amines is 2. The Kier molecular flexibility index (Phi) is 3.00. The SMILES string of the molecule is O=C(Nc1cc(-c2ccccc2)[nH]n1)c1cc(C2CC2)[nH]n1. The van der Waals surface area contributed by atoms with Crippen molar-refractivity contribution in [2.45, 2.75) is 18.8 Å². The van der Waals surface area contributed by atoms with Crippen LogP contribution in [0.25, 0.3) is 11.3 Å². The minimum absolute atomic E-state index is 0.255. The van der Waals surface area contributed by atoms with Gasteiger partial charge in [0.25, 0.3) is 5.91 Å². The van der Waals surface area contributed by atoms with Gasteiger partial charge in [-0.1, -0.05) is 30.3 Å². The molecule has 3 N–H and O–H groups in total. The number of benzene rings is 1. The van der Waals surface area contributed by atoms with Crippen molar-refractivity contribution in [2.75, 3.05) is 5.32 Å². The number of hydrogen-bond acceptors (Lipinski definition) is 3. The molecule has 110 valence electrons. The maximum Gasteiger partial charge on any atom is 0.277 e. The van der Waals surface area contributed by atoms with E-state index in [0.717, 1.165) is 17.0 Å². The Bertz CT molecular complexity index is 801. The van der Waals surface area contributed by atoms with Gasteiger partial charge < -0.3 is 5.32 Å². The first-order valence-corrected chi connectivity index (χ1v) is 7.27. The lowest BCUT2D eigenvalue weighted by molar-refractivity contribution is 0.102. The largest absolute Gasteiger partial charge is 0.304 e. The molecule has 1 saturated carbocycles. The summed E-state index contributed by atoms with van der Waals surface area (Å²) >= 11 is 0. The van der Waals surface area contributed by atoms with E-state index in [1.54, 1.807) is 0 Å². The van der Waals surface area contributed by atoms with Gasteiger partial charge in [-0.2, -0.15) is 10.2 Å². The molecule has 1 amide bonds. The summed E-state index contributed by atoms with van der Waals surface area (Å²) in [6.07, 6.45) is 2.34. The summed E-state index contributed by atoms with van der Waals surface area (Å²) in [5.74, 6) is 0.776. The zero-order valence-electron chi connectivity index (χ0n) is 11.8. The molecular weight excluding hydrogens is 278 g/mol. The van der Waals surface area contributed by atoms with Crippen LogP contribution in [0.3, 0.4) is 0 Å². The van der Waals surface area contributed by atoms with Crippen LogP contribution in [0.4, 0.5) is 5.82 Å². The van der Waals surface area contributed by atoms with Crippen LogP contribution < -0.4 is 5.32 Å². The molecule has 1 aromatic carbocycles. The highest BCUT2D eigenvalue weighted by Crippen LogP contribution is 2.39. The minimum Gasteiger partial charge on any atom is -0.304 e. The molecule has 2 aromatic heterocycles. The Morgan fingerprint density at radius 2 is 1.91 bits per heavy atom. The zero-order valence-corrected chi connectivity index (χ0v) is 11.8. The predicted molar refractivity (Wildman–Crippen MR) is 82.5 cm³/mol. The topological polar surface area (TPSA) is 86.5 Å². The van der Waals surface area contributed by atoms with E-state index in [1.165, 1.54) is 12.8 Å². The van der Waals surface area contributed by atoms with Gasteiger partial charge in [0.05, 0.1) is 5.69 Å². The van der Waals surface area contributed by atoms with Gasteiger partial charge in [-0.15, -0.1) is 0 Å². The van der Waals surface area contributed by atoms with Crippen molar-refractivity contribution < 1.29 is 4.79 Å². The first-order valence-electron chi connectivity index (χ1n) is 7.27. The summed E-state index contributed by atoms with van der Waals surface area (Å²) in [6.45, 7) is 0. The second-order valence-electron chi connectivity index (χ2n) is 5.47. The van der Waals surface area contributed by atoms with E-state index >= 15 is 0 Å². The number of anilines is 1. The molecule has 0 unspecified atom stereocenters. The molecule has 6 heteroatoms. The van der Waals surface area contributed by atoms with Gasteiger partial charge in [-0.3, -0.25) is 15.0 Å². The molecule has 0 spiro atoms. The molecule has 4 rings (SSSR count). The number of hydrogen-bond donors (Lipinski definition) is 3. The summed E-state index contributed by atoms with van der Waals surface area (Å²) in [7, 11) is 0. The Hall–Kier alpha value is -2.89. The first kappa shape index (κ1) is 12.8. The molecule has 22 heavy (non-hydrogen) atoms. The molecule has 6 nitrogen and oxygen atoms in total. The van der Waals surface area contributed by atoms with Crippen LogP contribution in [0.2, 0.25) is 0 Å². The summed E-state index contributed by atoms with van der Waals surface area (Å²) in [4.78, 5) is 12.2. The lowest BCUT2D eigenvalue weighted by Crippen LogP contribution is -2.12.